The molecule has 0 aromatic heterocycles. The number of benzene rings is 2. The van der Waals surface area contributed by atoms with Gasteiger partial charge in [-0.25, -0.2) is 4.79 Å². The van der Waals surface area contributed by atoms with Crippen LogP contribution >= 0.6 is 0 Å². The summed E-state index contributed by atoms with van der Waals surface area (Å²) in [4.78, 5) is 29.9. The minimum atomic E-state index is -0.120. The Bertz CT molecular complexity index is 818. The van der Waals surface area contributed by atoms with Gasteiger partial charge in [-0.3, -0.25) is 9.69 Å². The molecule has 7 nitrogen and oxygen atoms in total. The highest BCUT2D eigenvalue weighted by molar-refractivity contribution is 5.89. The quantitative estimate of drug-likeness (QED) is 0.815. The molecule has 0 atom stereocenters. The van der Waals surface area contributed by atoms with E-state index in [0.717, 1.165) is 19.6 Å². The van der Waals surface area contributed by atoms with Crippen molar-refractivity contribution in [2.24, 2.45) is 0 Å². The predicted molar refractivity (Wildman–Crippen MR) is 113 cm³/mol. The SMILES string of the molecule is CN(C)C(=O)COc1cccc(NC(=O)N2CCN(Cc3ccccc3)CC2)c1. The minimum absolute atomic E-state index is 0.0340. The lowest BCUT2D eigenvalue weighted by atomic mass is 10.2. The fourth-order valence-electron chi connectivity index (χ4n) is 3.09. The first-order chi connectivity index (χ1) is 14.0. The molecule has 1 heterocycles. The Morgan fingerprint density at radius 2 is 1.72 bits per heavy atom. The van der Waals surface area contributed by atoms with E-state index in [-0.39, 0.29) is 18.5 Å². The van der Waals surface area contributed by atoms with Crippen LogP contribution in [-0.2, 0) is 11.3 Å². The van der Waals surface area contributed by atoms with Crippen molar-refractivity contribution in [2.75, 3.05) is 52.2 Å². The van der Waals surface area contributed by atoms with Crippen molar-refractivity contribution in [3.8, 4) is 5.75 Å². The molecule has 1 N–H and O–H groups in total. The number of ether oxygens (including phenoxy) is 1. The summed E-state index contributed by atoms with van der Waals surface area (Å²) in [6.07, 6.45) is 0. The molecular weight excluding hydrogens is 368 g/mol. The van der Waals surface area contributed by atoms with Crippen LogP contribution in [0.1, 0.15) is 5.56 Å². The van der Waals surface area contributed by atoms with E-state index in [4.69, 9.17) is 4.74 Å². The summed E-state index contributed by atoms with van der Waals surface area (Å²) in [5.41, 5.74) is 1.94. The number of amides is 3. The van der Waals surface area contributed by atoms with E-state index >= 15 is 0 Å². The summed E-state index contributed by atoms with van der Waals surface area (Å²) < 4.78 is 5.50. The number of likely N-dealkylation sites (N-methyl/N-ethyl adjacent to an activating group) is 1. The van der Waals surface area contributed by atoms with Gasteiger partial charge in [-0.1, -0.05) is 36.4 Å². The van der Waals surface area contributed by atoms with E-state index < -0.39 is 0 Å². The van der Waals surface area contributed by atoms with Crippen molar-refractivity contribution in [3.63, 3.8) is 0 Å². The van der Waals surface area contributed by atoms with Gasteiger partial charge in [0.05, 0.1) is 0 Å². The number of rotatable bonds is 6. The third-order valence-electron chi connectivity index (χ3n) is 4.85. The lowest BCUT2D eigenvalue weighted by Crippen LogP contribution is -2.49. The van der Waals surface area contributed by atoms with Gasteiger partial charge in [0.1, 0.15) is 5.75 Å². The van der Waals surface area contributed by atoms with Crippen LogP contribution in [0.5, 0.6) is 5.75 Å². The Labute approximate surface area is 171 Å². The van der Waals surface area contributed by atoms with Gasteiger partial charge in [0.25, 0.3) is 5.91 Å². The smallest absolute Gasteiger partial charge is 0.321 e. The summed E-state index contributed by atoms with van der Waals surface area (Å²) in [6, 6.07) is 17.3. The van der Waals surface area contributed by atoms with Gasteiger partial charge in [0, 0.05) is 58.6 Å². The summed E-state index contributed by atoms with van der Waals surface area (Å²) in [5, 5.41) is 2.92. The first kappa shape index (κ1) is 20.7. The average molecular weight is 396 g/mol. The second-order valence-corrected chi connectivity index (χ2v) is 7.28. The first-order valence-corrected chi connectivity index (χ1v) is 9.76. The molecular formula is C22H28N4O3. The Kier molecular flexibility index (Phi) is 7.08. The molecule has 1 aliphatic heterocycles. The van der Waals surface area contributed by atoms with Crippen molar-refractivity contribution in [1.29, 1.82) is 0 Å². The van der Waals surface area contributed by atoms with Crippen molar-refractivity contribution < 1.29 is 14.3 Å². The van der Waals surface area contributed by atoms with Gasteiger partial charge in [-0.05, 0) is 17.7 Å². The van der Waals surface area contributed by atoms with Crippen molar-refractivity contribution >= 4 is 17.6 Å². The van der Waals surface area contributed by atoms with Gasteiger partial charge in [0.15, 0.2) is 6.61 Å². The molecule has 1 aliphatic rings. The number of piperazine rings is 1. The highest BCUT2D eigenvalue weighted by Gasteiger charge is 2.21. The van der Waals surface area contributed by atoms with E-state index in [0.29, 0.717) is 24.5 Å². The van der Waals surface area contributed by atoms with Gasteiger partial charge >= 0.3 is 6.03 Å². The Morgan fingerprint density at radius 1 is 1.00 bits per heavy atom. The molecule has 3 rings (SSSR count). The van der Waals surface area contributed by atoms with Gasteiger partial charge < -0.3 is 19.9 Å². The molecule has 0 unspecified atom stereocenters. The second kappa shape index (κ2) is 9.93. The zero-order valence-corrected chi connectivity index (χ0v) is 17.0. The van der Waals surface area contributed by atoms with Crippen LogP contribution in [0, 0.1) is 0 Å². The average Bonchev–Trinajstić information content (AvgIpc) is 2.73. The van der Waals surface area contributed by atoms with E-state index in [1.54, 1.807) is 32.3 Å². The summed E-state index contributed by atoms with van der Waals surface area (Å²) in [7, 11) is 3.36. The van der Waals surface area contributed by atoms with Gasteiger partial charge in [-0.2, -0.15) is 0 Å². The number of nitrogens with one attached hydrogen (secondary N) is 1. The van der Waals surface area contributed by atoms with Crippen LogP contribution in [0.15, 0.2) is 54.6 Å². The molecule has 1 fully saturated rings. The summed E-state index contributed by atoms with van der Waals surface area (Å²) in [6.45, 7) is 3.93. The number of carbonyl (C=O) groups excluding carboxylic acids is 2. The zero-order chi connectivity index (χ0) is 20.6. The van der Waals surface area contributed by atoms with Crippen LogP contribution in [-0.4, -0.2) is 73.5 Å². The minimum Gasteiger partial charge on any atom is -0.484 e. The summed E-state index contributed by atoms with van der Waals surface area (Å²) >= 11 is 0. The molecule has 1 saturated heterocycles. The largest absolute Gasteiger partial charge is 0.484 e. The molecule has 2 aromatic rings. The van der Waals surface area contributed by atoms with Crippen molar-refractivity contribution in [3.05, 3.63) is 60.2 Å². The molecule has 3 amide bonds. The van der Waals surface area contributed by atoms with Gasteiger partial charge in [0.2, 0.25) is 0 Å². The van der Waals surface area contributed by atoms with Crippen LogP contribution in [0.25, 0.3) is 0 Å². The predicted octanol–water partition coefficient (Wildman–Crippen LogP) is 2.50. The second-order valence-electron chi connectivity index (χ2n) is 7.28. The Balaban J connectivity index is 1.47. The van der Waals surface area contributed by atoms with Crippen molar-refractivity contribution in [1.82, 2.24) is 14.7 Å². The Morgan fingerprint density at radius 3 is 2.41 bits per heavy atom. The third kappa shape index (κ3) is 6.22. The standard InChI is InChI=1S/C22H28N4O3/c1-24(2)21(27)17-29-20-10-6-9-19(15-20)23-22(28)26-13-11-25(12-14-26)16-18-7-4-3-5-8-18/h3-10,15H,11-14,16-17H2,1-2H3,(H,23,28). The molecule has 2 aromatic carbocycles. The number of carbonyl (C=O) groups is 2. The fraction of sp³-hybridized carbons (Fsp3) is 0.364. The van der Waals surface area contributed by atoms with E-state index in [9.17, 15) is 9.59 Å². The van der Waals surface area contributed by atoms with E-state index in [2.05, 4.69) is 22.3 Å². The van der Waals surface area contributed by atoms with Crippen molar-refractivity contribution in [2.45, 2.75) is 6.54 Å². The topological polar surface area (TPSA) is 65.1 Å². The number of urea groups is 1. The van der Waals surface area contributed by atoms with Crippen LogP contribution < -0.4 is 10.1 Å². The van der Waals surface area contributed by atoms with E-state index in [1.807, 2.05) is 29.2 Å². The monoisotopic (exact) mass is 396 g/mol. The maximum atomic E-state index is 12.6. The highest BCUT2D eigenvalue weighted by atomic mass is 16.5. The Hall–Kier alpha value is -3.06. The number of hydrogen-bond acceptors (Lipinski definition) is 4. The number of nitrogens with zero attached hydrogens (tertiary/aromatic N) is 3. The number of hydrogen-bond donors (Lipinski definition) is 1. The third-order valence-corrected chi connectivity index (χ3v) is 4.85. The van der Waals surface area contributed by atoms with E-state index in [1.165, 1.54) is 10.5 Å². The summed E-state index contributed by atoms with van der Waals surface area (Å²) in [5.74, 6) is 0.429. The molecule has 154 valence electrons. The molecule has 0 radical (unpaired) electrons. The molecule has 0 bridgehead atoms. The molecule has 7 heteroatoms. The zero-order valence-electron chi connectivity index (χ0n) is 17.0. The van der Waals surface area contributed by atoms with Gasteiger partial charge in [-0.15, -0.1) is 0 Å². The maximum absolute atomic E-state index is 12.6. The molecule has 29 heavy (non-hydrogen) atoms. The fourth-order valence-corrected chi connectivity index (χ4v) is 3.09. The van der Waals surface area contributed by atoms with Crippen LogP contribution in [0.3, 0.4) is 0 Å². The highest BCUT2D eigenvalue weighted by Crippen LogP contribution is 2.18. The molecule has 0 aliphatic carbocycles. The number of anilines is 1. The van der Waals surface area contributed by atoms with Crippen LogP contribution in [0.2, 0.25) is 0 Å². The maximum Gasteiger partial charge on any atom is 0.321 e. The molecule has 0 spiro atoms. The lowest BCUT2D eigenvalue weighted by Gasteiger charge is -2.34. The molecule has 0 saturated carbocycles. The first-order valence-electron chi connectivity index (χ1n) is 9.76. The lowest BCUT2D eigenvalue weighted by molar-refractivity contribution is -0.130. The normalized spacial score (nSPS) is 14.3. The van der Waals surface area contributed by atoms with Crippen LogP contribution in [0.4, 0.5) is 10.5 Å².